The summed E-state index contributed by atoms with van der Waals surface area (Å²) in [6.45, 7) is 3.07. The Morgan fingerprint density at radius 3 is 3.00 bits per heavy atom. The number of para-hydroxylation sites is 1. The summed E-state index contributed by atoms with van der Waals surface area (Å²) in [7, 11) is 0. The van der Waals surface area contributed by atoms with Crippen LogP contribution < -0.4 is 5.73 Å². The molecule has 0 radical (unpaired) electrons. The molecule has 1 fully saturated rings. The molecular weight excluding hydrogens is 336 g/mol. The van der Waals surface area contributed by atoms with Crippen molar-refractivity contribution in [1.29, 1.82) is 0 Å². The number of H-pyrrole nitrogens is 1. The SMILES string of the molecule is Nc1[nH]nc2nc([C@H]3CCCN(Cc4ccnc5ccccc45)C3)ccc12. The van der Waals surface area contributed by atoms with Crippen LogP contribution in [0, 0.1) is 0 Å². The van der Waals surface area contributed by atoms with Gasteiger partial charge in [-0.3, -0.25) is 15.0 Å². The summed E-state index contributed by atoms with van der Waals surface area (Å²) in [5.74, 6) is 1.01. The number of aromatic amines is 1. The van der Waals surface area contributed by atoms with Crippen molar-refractivity contribution in [2.75, 3.05) is 18.8 Å². The maximum atomic E-state index is 5.89. The molecule has 6 heteroatoms. The van der Waals surface area contributed by atoms with Crippen molar-refractivity contribution in [1.82, 2.24) is 25.1 Å². The van der Waals surface area contributed by atoms with Gasteiger partial charge in [0.25, 0.3) is 0 Å². The smallest absolute Gasteiger partial charge is 0.183 e. The lowest BCUT2D eigenvalue weighted by molar-refractivity contribution is 0.199. The fourth-order valence-corrected chi connectivity index (χ4v) is 4.13. The number of nitrogen functional groups attached to an aromatic ring is 1. The Kier molecular flexibility index (Phi) is 3.98. The van der Waals surface area contributed by atoms with Crippen molar-refractivity contribution in [2.45, 2.75) is 25.3 Å². The molecule has 1 saturated heterocycles. The molecule has 3 aromatic heterocycles. The van der Waals surface area contributed by atoms with Gasteiger partial charge in [-0.05, 0) is 49.2 Å². The van der Waals surface area contributed by atoms with E-state index in [0.717, 1.165) is 42.7 Å². The number of rotatable bonds is 3. The van der Waals surface area contributed by atoms with Crippen molar-refractivity contribution in [3.05, 3.63) is 59.9 Å². The summed E-state index contributed by atoms with van der Waals surface area (Å²) < 4.78 is 0. The minimum Gasteiger partial charge on any atom is -0.384 e. The molecule has 0 aliphatic carbocycles. The van der Waals surface area contributed by atoms with Gasteiger partial charge in [-0.25, -0.2) is 4.98 Å². The molecule has 136 valence electrons. The van der Waals surface area contributed by atoms with E-state index >= 15 is 0 Å². The molecule has 3 N–H and O–H groups in total. The van der Waals surface area contributed by atoms with Crippen LogP contribution in [0.1, 0.15) is 30.0 Å². The Labute approximate surface area is 157 Å². The number of pyridine rings is 2. The van der Waals surface area contributed by atoms with E-state index in [2.05, 4.69) is 50.4 Å². The molecule has 0 bridgehead atoms. The molecule has 0 unspecified atom stereocenters. The molecule has 4 aromatic rings. The monoisotopic (exact) mass is 358 g/mol. The molecule has 1 aromatic carbocycles. The summed E-state index contributed by atoms with van der Waals surface area (Å²) in [6.07, 6.45) is 4.25. The van der Waals surface area contributed by atoms with Gasteiger partial charge >= 0.3 is 0 Å². The number of aromatic nitrogens is 4. The number of hydrogen-bond donors (Lipinski definition) is 2. The van der Waals surface area contributed by atoms with Gasteiger partial charge in [-0.1, -0.05) is 18.2 Å². The van der Waals surface area contributed by atoms with Gasteiger partial charge in [0.2, 0.25) is 0 Å². The third kappa shape index (κ3) is 3.02. The van der Waals surface area contributed by atoms with Crippen LogP contribution in [0.3, 0.4) is 0 Å². The van der Waals surface area contributed by atoms with Crippen molar-refractivity contribution < 1.29 is 0 Å². The lowest BCUT2D eigenvalue weighted by atomic mass is 9.93. The van der Waals surface area contributed by atoms with Crippen LogP contribution in [0.25, 0.3) is 21.9 Å². The molecule has 0 spiro atoms. The molecule has 0 saturated carbocycles. The zero-order chi connectivity index (χ0) is 18.2. The third-order valence-corrected chi connectivity index (χ3v) is 5.53. The number of hydrogen-bond acceptors (Lipinski definition) is 5. The lowest BCUT2D eigenvalue weighted by Crippen LogP contribution is -2.34. The van der Waals surface area contributed by atoms with Gasteiger partial charge in [0.1, 0.15) is 5.82 Å². The first-order chi connectivity index (χ1) is 13.3. The normalized spacial score (nSPS) is 18.3. The van der Waals surface area contributed by atoms with Crippen LogP contribution in [0.2, 0.25) is 0 Å². The second-order valence-electron chi connectivity index (χ2n) is 7.31. The highest BCUT2D eigenvalue weighted by molar-refractivity contribution is 5.85. The highest BCUT2D eigenvalue weighted by Gasteiger charge is 2.23. The second-order valence-corrected chi connectivity index (χ2v) is 7.31. The maximum Gasteiger partial charge on any atom is 0.183 e. The van der Waals surface area contributed by atoms with Crippen molar-refractivity contribution in [2.24, 2.45) is 0 Å². The third-order valence-electron chi connectivity index (χ3n) is 5.53. The fourth-order valence-electron chi connectivity index (χ4n) is 4.13. The van der Waals surface area contributed by atoms with Crippen LogP contribution in [0.5, 0.6) is 0 Å². The van der Waals surface area contributed by atoms with Crippen molar-refractivity contribution >= 4 is 27.8 Å². The van der Waals surface area contributed by atoms with E-state index in [1.165, 1.54) is 17.4 Å². The Morgan fingerprint density at radius 1 is 1.11 bits per heavy atom. The molecule has 1 aliphatic rings. The van der Waals surface area contributed by atoms with E-state index in [-0.39, 0.29) is 0 Å². The fraction of sp³-hybridized carbons (Fsp3) is 0.286. The number of piperidine rings is 1. The van der Waals surface area contributed by atoms with Gasteiger partial charge in [-0.15, -0.1) is 0 Å². The van der Waals surface area contributed by atoms with Gasteiger partial charge in [0.05, 0.1) is 10.9 Å². The number of anilines is 1. The van der Waals surface area contributed by atoms with Gasteiger partial charge in [0.15, 0.2) is 5.65 Å². The Balaban J connectivity index is 1.38. The first-order valence-corrected chi connectivity index (χ1v) is 9.43. The molecule has 5 rings (SSSR count). The van der Waals surface area contributed by atoms with Crippen LogP contribution in [0.15, 0.2) is 48.7 Å². The van der Waals surface area contributed by atoms with Gasteiger partial charge < -0.3 is 5.73 Å². The molecule has 0 amide bonds. The van der Waals surface area contributed by atoms with Crippen LogP contribution >= 0.6 is 0 Å². The van der Waals surface area contributed by atoms with E-state index in [1.807, 2.05) is 18.3 Å². The molecule has 1 atom stereocenters. The number of fused-ring (bicyclic) bond motifs is 2. The highest BCUT2D eigenvalue weighted by atomic mass is 15.2. The molecular formula is C21H22N6. The summed E-state index contributed by atoms with van der Waals surface area (Å²) in [4.78, 5) is 11.8. The zero-order valence-corrected chi connectivity index (χ0v) is 15.1. The summed E-state index contributed by atoms with van der Waals surface area (Å²) in [6, 6.07) is 14.6. The number of likely N-dealkylation sites (tertiary alicyclic amines) is 1. The van der Waals surface area contributed by atoms with E-state index in [1.54, 1.807) is 0 Å². The van der Waals surface area contributed by atoms with Crippen LogP contribution in [0.4, 0.5) is 5.82 Å². The minimum absolute atomic E-state index is 0.425. The van der Waals surface area contributed by atoms with Crippen molar-refractivity contribution in [3.8, 4) is 0 Å². The average molecular weight is 358 g/mol. The Bertz CT molecular complexity index is 1100. The summed E-state index contributed by atoms with van der Waals surface area (Å²) in [5.41, 5.74) is 10.1. The van der Waals surface area contributed by atoms with Crippen LogP contribution in [-0.2, 0) is 6.54 Å². The lowest BCUT2D eigenvalue weighted by Gasteiger charge is -2.32. The molecule has 1 aliphatic heterocycles. The van der Waals surface area contributed by atoms with E-state index < -0.39 is 0 Å². The first kappa shape index (κ1) is 16.2. The number of nitrogens with two attached hydrogens (primary N) is 1. The Morgan fingerprint density at radius 2 is 2.04 bits per heavy atom. The topological polar surface area (TPSA) is 83.7 Å². The number of nitrogens with one attached hydrogen (secondary N) is 1. The van der Waals surface area contributed by atoms with Gasteiger partial charge in [-0.2, -0.15) is 5.10 Å². The molecule has 27 heavy (non-hydrogen) atoms. The van der Waals surface area contributed by atoms with Crippen LogP contribution in [-0.4, -0.2) is 38.2 Å². The Hall–Kier alpha value is -2.99. The standard InChI is InChI=1S/C21H22N6/c22-20-17-7-8-18(24-21(17)26-25-20)15-4-3-11-27(13-15)12-14-9-10-23-19-6-2-1-5-16(14)19/h1-2,5-10,15H,3-4,11-13H2,(H3,22,24,25,26)/t15-/m0/s1. The zero-order valence-electron chi connectivity index (χ0n) is 15.1. The first-order valence-electron chi connectivity index (χ1n) is 9.43. The van der Waals surface area contributed by atoms with E-state index in [0.29, 0.717) is 17.4 Å². The molecule has 6 nitrogen and oxygen atoms in total. The molecule has 4 heterocycles. The predicted octanol–water partition coefficient (Wildman–Crippen LogP) is 3.47. The average Bonchev–Trinajstić information content (AvgIpc) is 3.09. The largest absolute Gasteiger partial charge is 0.384 e. The predicted molar refractivity (Wildman–Crippen MR) is 107 cm³/mol. The van der Waals surface area contributed by atoms with Crippen molar-refractivity contribution in [3.63, 3.8) is 0 Å². The minimum atomic E-state index is 0.425. The number of nitrogens with zero attached hydrogens (tertiary/aromatic N) is 4. The summed E-state index contributed by atoms with van der Waals surface area (Å²) in [5, 5.41) is 9.17. The second kappa shape index (κ2) is 6.63. The summed E-state index contributed by atoms with van der Waals surface area (Å²) >= 11 is 0. The quantitative estimate of drug-likeness (QED) is 0.586. The van der Waals surface area contributed by atoms with E-state index in [9.17, 15) is 0 Å². The number of benzene rings is 1. The van der Waals surface area contributed by atoms with E-state index in [4.69, 9.17) is 10.7 Å². The van der Waals surface area contributed by atoms with Gasteiger partial charge in [0, 0.05) is 36.3 Å². The highest BCUT2D eigenvalue weighted by Crippen LogP contribution is 2.29. The maximum absolute atomic E-state index is 5.89.